The lowest BCUT2D eigenvalue weighted by atomic mass is 9.98. The van der Waals surface area contributed by atoms with E-state index in [2.05, 4.69) is 4.98 Å². The Bertz CT molecular complexity index is 746. The van der Waals surface area contributed by atoms with Crippen molar-refractivity contribution in [2.75, 3.05) is 0 Å². The van der Waals surface area contributed by atoms with E-state index in [0.717, 1.165) is 13.1 Å². The lowest BCUT2D eigenvalue weighted by Crippen LogP contribution is -2.56. The number of rotatable bonds is 8. The summed E-state index contributed by atoms with van der Waals surface area (Å²) in [6.45, 7) is 1.04. The van der Waals surface area contributed by atoms with Crippen molar-refractivity contribution in [3.63, 3.8) is 0 Å². The highest BCUT2D eigenvalue weighted by molar-refractivity contribution is 6.04. The average Bonchev–Trinajstić information content (AvgIpc) is 2.57. The maximum Gasteiger partial charge on any atom is 0.460 e. The number of aliphatic hydroxyl groups excluding tert-OH is 1. The fourth-order valence-electron chi connectivity index (χ4n) is 1.83. The fraction of sp³-hybridized carbons (Fsp3) is 0.467. The zero-order valence-electron chi connectivity index (χ0n) is 13.5. The molecule has 12 heteroatoms. The van der Waals surface area contributed by atoms with Crippen molar-refractivity contribution in [3.05, 3.63) is 29.6 Å². The summed E-state index contributed by atoms with van der Waals surface area (Å²) in [7, 11) is 0. The third-order valence-corrected chi connectivity index (χ3v) is 3.47. The summed E-state index contributed by atoms with van der Waals surface area (Å²) in [5, 5.41) is 9.28. The number of hydrogen-bond donors (Lipinski definition) is 1. The maximum absolute atomic E-state index is 13.4. The lowest BCUT2D eigenvalue weighted by molar-refractivity contribution is -0.339. The normalized spacial score (nSPS) is 14.0. The minimum atomic E-state index is -6.68. The number of aromatic nitrogens is 1. The number of hydrogen-bond acceptors (Lipinski definition) is 5. The van der Waals surface area contributed by atoms with Crippen LogP contribution in [0.3, 0.4) is 0 Å². The number of Topliss-reactive ketones (excluding diaryl/α,β-unsaturated/α-hetero) is 3. The molecule has 0 saturated heterocycles. The number of carbonyl (C=O) groups excluding carboxylic acids is 3. The van der Waals surface area contributed by atoms with Crippen molar-refractivity contribution in [1.29, 1.82) is 0 Å². The van der Waals surface area contributed by atoms with E-state index < -0.39 is 59.0 Å². The first-order chi connectivity index (χ1) is 12.1. The molecule has 1 N–H and O–H groups in total. The number of halogens is 7. The third kappa shape index (κ3) is 4.67. The van der Waals surface area contributed by atoms with Gasteiger partial charge in [-0.25, -0.2) is 0 Å². The number of nitrogens with zero attached hydrogens (tertiary/aromatic N) is 1. The number of carbonyl (C=O) groups is 3. The van der Waals surface area contributed by atoms with Crippen LogP contribution < -0.4 is 0 Å². The number of alkyl halides is 7. The zero-order chi connectivity index (χ0) is 21.2. The summed E-state index contributed by atoms with van der Waals surface area (Å²) in [5.41, 5.74) is -1.87. The van der Waals surface area contributed by atoms with Crippen LogP contribution >= 0.6 is 0 Å². The molecule has 1 aromatic heterocycles. The van der Waals surface area contributed by atoms with Crippen molar-refractivity contribution in [3.8, 4) is 0 Å². The highest BCUT2D eigenvalue weighted by atomic mass is 19.4. The Hall–Kier alpha value is -2.37. The van der Waals surface area contributed by atoms with Crippen molar-refractivity contribution in [1.82, 2.24) is 4.98 Å². The standard InChI is InChI=1S/C15H12F7NO4/c1-7(24)10(25)2-3-11(26)8-4-9(6-23-5-8)12(27)13(16,17)14(18,19)15(20,21)22/h4-6,10,25H,2-3H2,1H3/t10-/m0/s1. The molecule has 0 radical (unpaired) electrons. The maximum atomic E-state index is 13.4. The van der Waals surface area contributed by atoms with E-state index in [4.69, 9.17) is 0 Å². The van der Waals surface area contributed by atoms with Crippen molar-refractivity contribution in [2.24, 2.45) is 0 Å². The summed E-state index contributed by atoms with van der Waals surface area (Å²) in [6, 6.07) is 0.387. The Kier molecular flexibility index (Phi) is 6.47. The highest BCUT2D eigenvalue weighted by Gasteiger charge is 2.76. The second kappa shape index (κ2) is 7.71. The largest absolute Gasteiger partial charge is 0.460 e. The molecular weight excluding hydrogens is 391 g/mol. The predicted octanol–water partition coefficient (Wildman–Crippen LogP) is 3.01. The molecule has 0 saturated carbocycles. The van der Waals surface area contributed by atoms with Crippen molar-refractivity contribution in [2.45, 2.75) is 43.9 Å². The molecule has 0 aromatic carbocycles. The molecule has 0 aliphatic rings. The van der Waals surface area contributed by atoms with Gasteiger partial charge < -0.3 is 5.11 Å². The van der Waals surface area contributed by atoms with Gasteiger partial charge >= 0.3 is 18.0 Å². The Morgan fingerprint density at radius 2 is 1.56 bits per heavy atom. The minimum absolute atomic E-state index is 0.309. The molecule has 1 aromatic rings. The molecule has 0 unspecified atom stereocenters. The van der Waals surface area contributed by atoms with Crippen LogP contribution in [0.2, 0.25) is 0 Å². The molecule has 1 heterocycles. The first-order valence-corrected chi connectivity index (χ1v) is 7.17. The van der Waals surface area contributed by atoms with Crippen LogP contribution in [-0.2, 0) is 4.79 Å². The third-order valence-electron chi connectivity index (χ3n) is 3.47. The molecule has 0 amide bonds. The van der Waals surface area contributed by atoms with Gasteiger partial charge in [0.1, 0.15) is 6.10 Å². The van der Waals surface area contributed by atoms with Gasteiger partial charge in [-0.1, -0.05) is 0 Å². The summed E-state index contributed by atoms with van der Waals surface area (Å²) in [5.74, 6) is -17.2. The smallest absolute Gasteiger partial charge is 0.385 e. The molecular formula is C15H12F7NO4. The van der Waals surface area contributed by atoms with E-state index in [1.54, 1.807) is 0 Å². The Labute approximate surface area is 147 Å². The SMILES string of the molecule is CC(=O)[C@@H](O)CCC(=O)c1cncc(C(=O)C(F)(F)C(F)(F)C(F)(F)F)c1. The van der Waals surface area contributed by atoms with E-state index in [1.807, 2.05) is 0 Å². The Morgan fingerprint density at radius 3 is 2.04 bits per heavy atom. The summed E-state index contributed by atoms with van der Waals surface area (Å²) >= 11 is 0. The van der Waals surface area contributed by atoms with Gasteiger partial charge in [0.05, 0.1) is 0 Å². The van der Waals surface area contributed by atoms with Gasteiger partial charge in [-0.15, -0.1) is 0 Å². The zero-order valence-corrected chi connectivity index (χ0v) is 13.5. The van der Waals surface area contributed by atoms with E-state index in [-0.39, 0.29) is 6.42 Å². The van der Waals surface area contributed by atoms with Crippen molar-refractivity contribution < 1.29 is 50.2 Å². The summed E-state index contributed by atoms with van der Waals surface area (Å²) < 4.78 is 89.2. The van der Waals surface area contributed by atoms with Crippen LogP contribution in [0.25, 0.3) is 0 Å². The monoisotopic (exact) mass is 403 g/mol. The van der Waals surface area contributed by atoms with E-state index in [1.165, 1.54) is 0 Å². The fourth-order valence-corrected chi connectivity index (χ4v) is 1.83. The molecule has 5 nitrogen and oxygen atoms in total. The highest BCUT2D eigenvalue weighted by Crippen LogP contribution is 2.47. The number of aliphatic hydroxyl groups is 1. The Balaban J connectivity index is 3.09. The average molecular weight is 403 g/mol. The van der Waals surface area contributed by atoms with E-state index >= 15 is 0 Å². The summed E-state index contributed by atoms with van der Waals surface area (Å²) in [6.07, 6.45) is -7.94. The number of pyridine rings is 1. The molecule has 150 valence electrons. The first-order valence-electron chi connectivity index (χ1n) is 7.17. The minimum Gasteiger partial charge on any atom is -0.385 e. The van der Waals surface area contributed by atoms with Gasteiger partial charge in [-0.05, 0) is 19.4 Å². The van der Waals surface area contributed by atoms with E-state index in [0.29, 0.717) is 12.3 Å². The van der Waals surface area contributed by atoms with E-state index in [9.17, 15) is 50.2 Å². The molecule has 0 bridgehead atoms. The van der Waals surface area contributed by atoms with Crippen LogP contribution in [0.4, 0.5) is 30.7 Å². The Morgan fingerprint density at radius 1 is 1.04 bits per heavy atom. The van der Waals surface area contributed by atoms with Crippen LogP contribution in [-0.4, -0.2) is 51.6 Å². The second-order valence-electron chi connectivity index (χ2n) is 5.53. The first kappa shape index (κ1) is 22.7. The van der Waals surface area contributed by atoms with Gasteiger partial charge in [0.2, 0.25) is 5.78 Å². The predicted molar refractivity (Wildman–Crippen MR) is 74.8 cm³/mol. The quantitative estimate of drug-likeness (QED) is 0.533. The molecule has 27 heavy (non-hydrogen) atoms. The number of ketones is 3. The van der Waals surface area contributed by atoms with Crippen LogP contribution in [0.15, 0.2) is 18.5 Å². The lowest BCUT2D eigenvalue weighted by Gasteiger charge is -2.26. The molecule has 1 atom stereocenters. The topological polar surface area (TPSA) is 84.3 Å². The van der Waals surface area contributed by atoms with Gasteiger partial charge in [0.15, 0.2) is 11.6 Å². The molecule has 1 rings (SSSR count). The van der Waals surface area contributed by atoms with Crippen molar-refractivity contribution >= 4 is 17.3 Å². The van der Waals surface area contributed by atoms with Gasteiger partial charge in [-0.3, -0.25) is 19.4 Å². The van der Waals surface area contributed by atoms with Gasteiger partial charge in [-0.2, -0.15) is 30.7 Å². The van der Waals surface area contributed by atoms with Crippen LogP contribution in [0.5, 0.6) is 0 Å². The van der Waals surface area contributed by atoms with Crippen LogP contribution in [0.1, 0.15) is 40.5 Å². The molecule has 0 spiro atoms. The van der Waals surface area contributed by atoms with Crippen LogP contribution in [0, 0.1) is 0 Å². The van der Waals surface area contributed by atoms with Gasteiger partial charge in [0.25, 0.3) is 0 Å². The molecule has 0 aliphatic carbocycles. The molecule has 0 fully saturated rings. The molecule has 0 aliphatic heterocycles. The van der Waals surface area contributed by atoms with Gasteiger partial charge in [0, 0.05) is 29.9 Å². The summed E-state index contributed by atoms with van der Waals surface area (Å²) in [4.78, 5) is 37.5. The second-order valence-corrected chi connectivity index (χ2v) is 5.53.